The van der Waals surface area contributed by atoms with Crippen LogP contribution in [0.3, 0.4) is 0 Å². The van der Waals surface area contributed by atoms with Crippen molar-refractivity contribution in [2.75, 3.05) is 85.0 Å². The summed E-state index contributed by atoms with van der Waals surface area (Å²) in [6, 6.07) is 0. The number of halogens is 1. The standard InChI is InChI=1S/C22H42ClN3O7/c23-8-3-1-2-6-12-29-15-17-31-14-11-26-22(28)33-20-19-32-18-16-30-13-7-21(27)25-10-5-4-9-24/h4-5H,1-3,6-20,24H2,(H,25,27)(H,26,28)/b5-4+. The third-order valence-corrected chi connectivity index (χ3v) is 4.35. The quantitative estimate of drug-likeness (QED) is 0.104. The summed E-state index contributed by atoms with van der Waals surface area (Å²) in [6.07, 6.45) is 7.71. The monoisotopic (exact) mass is 495 g/mol. The molecule has 0 bridgehead atoms. The molecule has 0 aliphatic rings. The zero-order valence-electron chi connectivity index (χ0n) is 19.7. The molecule has 33 heavy (non-hydrogen) atoms. The summed E-state index contributed by atoms with van der Waals surface area (Å²) in [5, 5.41) is 5.32. The van der Waals surface area contributed by atoms with Gasteiger partial charge < -0.3 is 40.1 Å². The molecule has 0 saturated heterocycles. The summed E-state index contributed by atoms with van der Waals surface area (Å²) < 4.78 is 26.4. The molecule has 0 unspecified atom stereocenters. The topological polar surface area (TPSA) is 130 Å². The molecule has 10 nitrogen and oxygen atoms in total. The highest BCUT2D eigenvalue weighted by molar-refractivity contribution is 6.17. The Kier molecular flexibility index (Phi) is 25.7. The minimum atomic E-state index is -0.515. The Morgan fingerprint density at radius 1 is 0.727 bits per heavy atom. The number of carbonyl (C=O) groups is 2. The number of amides is 2. The van der Waals surface area contributed by atoms with Gasteiger partial charge in [0.25, 0.3) is 0 Å². The number of unbranched alkanes of at least 4 members (excludes halogenated alkanes) is 3. The van der Waals surface area contributed by atoms with Gasteiger partial charge in [-0.25, -0.2) is 4.79 Å². The lowest BCUT2D eigenvalue weighted by Gasteiger charge is -2.09. The number of hydrogen-bond acceptors (Lipinski definition) is 8. The summed E-state index contributed by atoms with van der Waals surface area (Å²) in [4.78, 5) is 23.0. The molecule has 0 aromatic carbocycles. The van der Waals surface area contributed by atoms with Crippen LogP contribution in [0, 0.1) is 0 Å². The Balaban J connectivity index is 3.24. The molecule has 0 aliphatic heterocycles. The maximum atomic E-state index is 11.5. The van der Waals surface area contributed by atoms with Gasteiger partial charge in [-0.15, -0.1) is 11.6 Å². The predicted octanol–water partition coefficient (Wildman–Crippen LogP) is 1.60. The molecule has 0 atom stereocenters. The van der Waals surface area contributed by atoms with Crippen molar-refractivity contribution in [1.29, 1.82) is 0 Å². The van der Waals surface area contributed by atoms with Crippen LogP contribution in [0.15, 0.2) is 12.2 Å². The molecule has 194 valence electrons. The summed E-state index contributed by atoms with van der Waals surface area (Å²) >= 11 is 5.62. The minimum absolute atomic E-state index is 0.0831. The van der Waals surface area contributed by atoms with Gasteiger partial charge in [0.2, 0.25) is 5.91 Å². The van der Waals surface area contributed by atoms with Gasteiger partial charge in [-0.1, -0.05) is 25.0 Å². The first kappa shape index (κ1) is 31.6. The van der Waals surface area contributed by atoms with Crippen LogP contribution in [0.4, 0.5) is 4.79 Å². The van der Waals surface area contributed by atoms with E-state index in [1.807, 2.05) is 0 Å². The number of carbonyl (C=O) groups excluding carboxylic acids is 2. The van der Waals surface area contributed by atoms with E-state index in [9.17, 15) is 9.59 Å². The van der Waals surface area contributed by atoms with Gasteiger partial charge in [-0.05, 0) is 12.8 Å². The lowest BCUT2D eigenvalue weighted by atomic mass is 10.2. The highest BCUT2D eigenvalue weighted by Gasteiger charge is 2.02. The second-order valence-electron chi connectivity index (χ2n) is 6.88. The first-order chi connectivity index (χ1) is 16.2. The lowest BCUT2D eigenvalue weighted by molar-refractivity contribution is -0.122. The van der Waals surface area contributed by atoms with Gasteiger partial charge in [0.1, 0.15) is 6.61 Å². The molecule has 0 aromatic rings. The molecule has 0 spiro atoms. The minimum Gasteiger partial charge on any atom is -0.447 e. The molecule has 0 aromatic heterocycles. The van der Waals surface area contributed by atoms with Crippen LogP contribution in [-0.2, 0) is 28.5 Å². The van der Waals surface area contributed by atoms with E-state index in [-0.39, 0.29) is 25.5 Å². The van der Waals surface area contributed by atoms with Crippen LogP contribution < -0.4 is 16.4 Å². The molecule has 0 aliphatic carbocycles. The van der Waals surface area contributed by atoms with Crippen molar-refractivity contribution in [2.24, 2.45) is 5.73 Å². The summed E-state index contributed by atoms with van der Waals surface area (Å²) in [5.41, 5.74) is 5.30. The Labute approximate surface area is 202 Å². The summed E-state index contributed by atoms with van der Waals surface area (Å²) in [6.45, 7) is 4.89. The van der Waals surface area contributed by atoms with E-state index in [0.717, 1.165) is 38.2 Å². The molecule has 11 heteroatoms. The Bertz CT molecular complexity index is 485. The van der Waals surface area contributed by atoms with Crippen LogP contribution in [0.5, 0.6) is 0 Å². The zero-order valence-corrected chi connectivity index (χ0v) is 20.5. The molecule has 0 rings (SSSR count). The molecule has 0 heterocycles. The van der Waals surface area contributed by atoms with Gasteiger partial charge in [0, 0.05) is 38.5 Å². The Morgan fingerprint density at radius 2 is 1.36 bits per heavy atom. The fourth-order valence-electron chi connectivity index (χ4n) is 2.37. The molecule has 0 saturated carbocycles. The number of nitrogens with one attached hydrogen (secondary N) is 2. The van der Waals surface area contributed by atoms with Crippen LogP contribution in [-0.4, -0.2) is 97.0 Å². The van der Waals surface area contributed by atoms with Crippen molar-refractivity contribution in [3.63, 3.8) is 0 Å². The SMILES string of the molecule is NC/C=C/CNC(=O)CCOCCOCCOC(=O)NCCOCCOCCCCCCCl. The van der Waals surface area contributed by atoms with Gasteiger partial charge in [-0.2, -0.15) is 0 Å². The van der Waals surface area contributed by atoms with Crippen LogP contribution in [0.2, 0.25) is 0 Å². The second-order valence-corrected chi connectivity index (χ2v) is 7.25. The van der Waals surface area contributed by atoms with Gasteiger partial charge in [-0.3, -0.25) is 4.79 Å². The highest BCUT2D eigenvalue weighted by atomic mass is 35.5. The van der Waals surface area contributed by atoms with E-state index < -0.39 is 6.09 Å². The van der Waals surface area contributed by atoms with E-state index in [1.165, 1.54) is 0 Å². The number of ether oxygens (including phenoxy) is 5. The molecule has 0 fully saturated rings. The first-order valence-electron chi connectivity index (χ1n) is 11.6. The van der Waals surface area contributed by atoms with Crippen LogP contribution >= 0.6 is 11.6 Å². The maximum Gasteiger partial charge on any atom is 0.407 e. The Hall–Kier alpha value is -1.43. The van der Waals surface area contributed by atoms with E-state index in [2.05, 4.69) is 10.6 Å². The van der Waals surface area contributed by atoms with Crippen LogP contribution in [0.25, 0.3) is 0 Å². The normalized spacial score (nSPS) is 11.1. The van der Waals surface area contributed by atoms with Crippen LogP contribution in [0.1, 0.15) is 32.1 Å². The summed E-state index contributed by atoms with van der Waals surface area (Å²) in [5.74, 6) is 0.638. The van der Waals surface area contributed by atoms with E-state index in [4.69, 9.17) is 41.0 Å². The average molecular weight is 496 g/mol. The average Bonchev–Trinajstić information content (AvgIpc) is 2.81. The van der Waals surface area contributed by atoms with Gasteiger partial charge in [0.05, 0.1) is 46.2 Å². The maximum absolute atomic E-state index is 11.5. The van der Waals surface area contributed by atoms with E-state index >= 15 is 0 Å². The number of alkyl halides is 1. The highest BCUT2D eigenvalue weighted by Crippen LogP contribution is 2.01. The largest absolute Gasteiger partial charge is 0.447 e. The first-order valence-corrected chi connectivity index (χ1v) is 12.1. The van der Waals surface area contributed by atoms with Gasteiger partial charge >= 0.3 is 6.09 Å². The predicted molar refractivity (Wildman–Crippen MR) is 128 cm³/mol. The Morgan fingerprint density at radius 3 is 2.09 bits per heavy atom. The molecular formula is C22H42ClN3O7. The smallest absolute Gasteiger partial charge is 0.407 e. The number of nitrogens with two attached hydrogens (primary N) is 1. The van der Waals surface area contributed by atoms with Crippen molar-refractivity contribution >= 4 is 23.6 Å². The fourth-order valence-corrected chi connectivity index (χ4v) is 2.56. The number of hydrogen-bond donors (Lipinski definition) is 3. The zero-order chi connectivity index (χ0) is 24.2. The lowest BCUT2D eigenvalue weighted by Crippen LogP contribution is -2.29. The molecule has 4 N–H and O–H groups in total. The van der Waals surface area contributed by atoms with Crippen molar-refractivity contribution in [2.45, 2.75) is 32.1 Å². The fraction of sp³-hybridized carbons (Fsp3) is 0.818. The van der Waals surface area contributed by atoms with Gasteiger partial charge in [0.15, 0.2) is 0 Å². The van der Waals surface area contributed by atoms with Crippen molar-refractivity contribution in [3.8, 4) is 0 Å². The third-order valence-electron chi connectivity index (χ3n) is 4.09. The number of rotatable bonds is 24. The molecule has 0 radical (unpaired) electrons. The van der Waals surface area contributed by atoms with Crippen molar-refractivity contribution < 1.29 is 33.3 Å². The summed E-state index contributed by atoms with van der Waals surface area (Å²) in [7, 11) is 0. The van der Waals surface area contributed by atoms with Crippen molar-refractivity contribution in [1.82, 2.24) is 10.6 Å². The molecule has 2 amide bonds. The van der Waals surface area contributed by atoms with Crippen molar-refractivity contribution in [3.05, 3.63) is 12.2 Å². The third kappa shape index (κ3) is 26.7. The molecular weight excluding hydrogens is 454 g/mol. The van der Waals surface area contributed by atoms with E-state index in [1.54, 1.807) is 12.2 Å². The second kappa shape index (κ2) is 26.8. The van der Waals surface area contributed by atoms with E-state index in [0.29, 0.717) is 59.3 Å². The number of alkyl carbamates (subject to hydrolysis) is 1.